The van der Waals surface area contributed by atoms with Crippen molar-refractivity contribution in [2.45, 2.75) is 0 Å². The van der Waals surface area contributed by atoms with E-state index in [-0.39, 0.29) is 17.2 Å². The number of anilines is 1. The molecule has 0 aromatic heterocycles. The molecule has 0 fully saturated rings. The molecule has 0 spiro atoms. The van der Waals surface area contributed by atoms with Gasteiger partial charge < -0.3 is 20.3 Å². The predicted octanol–water partition coefficient (Wildman–Crippen LogP) is 1.12. The maximum atomic E-state index is 13.3. The minimum atomic E-state index is -1.44. The maximum absolute atomic E-state index is 13.3. The van der Waals surface area contributed by atoms with Crippen molar-refractivity contribution < 1.29 is 23.8 Å². The molecule has 0 bridgehead atoms. The summed E-state index contributed by atoms with van der Waals surface area (Å²) < 4.78 is 22.9. The van der Waals surface area contributed by atoms with Gasteiger partial charge in [-0.25, -0.2) is 9.18 Å². The molecule has 0 unspecified atom stereocenters. The molecule has 1 aromatic carbocycles. The Balaban J connectivity index is 3.56. The molecule has 1 aromatic rings. The van der Waals surface area contributed by atoms with Crippen LogP contribution in [0.1, 0.15) is 10.4 Å². The quantitative estimate of drug-likeness (QED) is 0.738. The molecule has 0 amide bonds. The first kappa shape index (κ1) is 11.1. The summed E-state index contributed by atoms with van der Waals surface area (Å²) in [4.78, 5) is 10.8. The molecular formula is C9H10FNO4. The van der Waals surface area contributed by atoms with Crippen molar-refractivity contribution in [1.29, 1.82) is 0 Å². The number of carbonyl (C=O) groups is 1. The molecule has 0 saturated heterocycles. The van der Waals surface area contributed by atoms with E-state index in [4.69, 9.17) is 20.3 Å². The van der Waals surface area contributed by atoms with Gasteiger partial charge in [0.1, 0.15) is 11.4 Å². The molecule has 0 radical (unpaired) electrons. The Bertz CT molecular complexity index is 406. The zero-order valence-corrected chi connectivity index (χ0v) is 8.20. The van der Waals surface area contributed by atoms with Crippen LogP contribution in [0.15, 0.2) is 6.07 Å². The Morgan fingerprint density at radius 1 is 1.40 bits per heavy atom. The molecule has 5 nitrogen and oxygen atoms in total. The molecule has 0 heterocycles. The SMILES string of the molecule is COc1c(N)cc(F)c(C(=O)O)c1OC. The Morgan fingerprint density at radius 2 is 1.93 bits per heavy atom. The van der Waals surface area contributed by atoms with Gasteiger partial charge in [0.15, 0.2) is 11.5 Å². The number of nitrogen functional groups attached to an aromatic ring is 1. The number of nitrogens with two attached hydrogens (primary N) is 1. The van der Waals surface area contributed by atoms with Gasteiger partial charge in [0.25, 0.3) is 0 Å². The zero-order valence-electron chi connectivity index (χ0n) is 8.20. The number of carboxylic acid groups (broad SMARTS) is 1. The Labute approximate surface area is 85.2 Å². The fraction of sp³-hybridized carbons (Fsp3) is 0.222. The van der Waals surface area contributed by atoms with Crippen molar-refractivity contribution >= 4 is 11.7 Å². The fourth-order valence-electron chi connectivity index (χ4n) is 1.23. The molecule has 0 aliphatic heterocycles. The summed E-state index contributed by atoms with van der Waals surface area (Å²) in [6, 6.07) is 0.880. The summed E-state index contributed by atoms with van der Waals surface area (Å²) in [5.74, 6) is -2.61. The molecule has 0 aliphatic rings. The van der Waals surface area contributed by atoms with Gasteiger partial charge in [-0.15, -0.1) is 0 Å². The highest BCUT2D eigenvalue weighted by molar-refractivity contribution is 5.93. The van der Waals surface area contributed by atoms with Crippen molar-refractivity contribution in [3.05, 3.63) is 17.4 Å². The minimum absolute atomic E-state index is 0.0105. The number of ether oxygens (including phenoxy) is 2. The van der Waals surface area contributed by atoms with Crippen molar-refractivity contribution in [1.82, 2.24) is 0 Å². The maximum Gasteiger partial charge on any atom is 0.342 e. The van der Waals surface area contributed by atoms with Crippen LogP contribution < -0.4 is 15.2 Å². The van der Waals surface area contributed by atoms with E-state index in [1.165, 1.54) is 14.2 Å². The summed E-state index contributed by atoms with van der Waals surface area (Å²) in [7, 11) is 2.50. The lowest BCUT2D eigenvalue weighted by atomic mass is 10.1. The van der Waals surface area contributed by atoms with E-state index in [9.17, 15) is 9.18 Å². The van der Waals surface area contributed by atoms with Crippen molar-refractivity contribution in [2.75, 3.05) is 20.0 Å². The fourth-order valence-corrected chi connectivity index (χ4v) is 1.23. The third-order valence-corrected chi connectivity index (χ3v) is 1.84. The van der Waals surface area contributed by atoms with Crippen LogP contribution in [0.2, 0.25) is 0 Å². The second-order valence-corrected chi connectivity index (χ2v) is 2.69. The normalized spacial score (nSPS) is 9.80. The summed E-state index contributed by atoms with van der Waals surface area (Å²) in [5.41, 5.74) is 4.83. The topological polar surface area (TPSA) is 81.8 Å². The third-order valence-electron chi connectivity index (χ3n) is 1.84. The van der Waals surface area contributed by atoms with Crippen molar-refractivity contribution in [3.63, 3.8) is 0 Å². The third kappa shape index (κ3) is 1.78. The van der Waals surface area contributed by atoms with Crippen LogP contribution >= 0.6 is 0 Å². The molecule has 82 valence electrons. The molecule has 3 N–H and O–H groups in total. The number of halogens is 1. The van der Waals surface area contributed by atoms with E-state index < -0.39 is 17.3 Å². The van der Waals surface area contributed by atoms with E-state index in [2.05, 4.69) is 0 Å². The lowest BCUT2D eigenvalue weighted by Gasteiger charge is -2.12. The van der Waals surface area contributed by atoms with Gasteiger partial charge in [-0.1, -0.05) is 0 Å². The molecule has 1 rings (SSSR count). The van der Waals surface area contributed by atoms with Gasteiger partial charge in [0.05, 0.1) is 19.9 Å². The molecule has 15 heavy (non-hydrogen) atoms. The first-order valence-corrected chi connectivity index (χ1v) is 3.96. The highest BCUT2D eigenvalue weighted by atomic mass is 19.1. The highest BCUT2D eigenvalue weighted by Gasteiger charge is 2.23. The molecule has 0 aliphatic carbocycles. The minimum Gasteiger partial charge on any atom is -0.492 e. The van der Waals surface area contributed by atoms with E-state index >= 15 is 0 Å². The van der Waals surface area contributed by atoms with Crippen molar-refractivity contribution in [3.8, 4) is 11.5 Å². The lowest BCUT2D eigenvalue weighted by Crippen LogP contribution is -2.07. The predicted molar refractivity (Wildman–Crippen MR) is 50.9 cm³/mol. The molecule has 0 saturated carbocycles. The van der Waals surface area contributed by atoms with E-state index in [1.807, 2.05) is 0 Å². The van der Waals surface area contributed by atoms with E-state index in [0.29, 0.717) is 0 Å². The van der Waals surface area contributed by atoms with Gasteiger partial charge >= 0.3 is 5.97 Å². The van der Waals surface area contributed by atoms with Crippen LogP contribution in [0.4, 0.5) is 10.1 Å². The van der Waals surface area contributed by atoms with Gasteiger partial charge in [0.2, 0.25) is 0 Å². The number of carboxylic acids is 1. The Kier molecular flexibility index (Phi) is 2.99. The van der Waals surface area contributed by atoms with Gasteiger partial charge in [-0.2, -0.15) is 0 Å². The van der Waals surface area contributed by atoms with Crippen LogP contribution in [0.3, 0.4) is 0 Å². The van der Waals surface area contributed by atoms with E-state index in [1.54, 1.807) is 0 Å². The summed E-state index contributed by atoms with van der Waals surface area (Å²) in [6.45, 7) is 0. The van der Waals surface area contributed by atoms with Gasteiger partial charge in [-0.3, -0.25) is 0 Å². The second-order valence-electron chi connectivity index (χ2n) is 2.69. The second kappa shape index (κ2) is 4.04. The smallest absolute Gasteiger partial charge is 0.342 e. The van der Waals surface area contributed by atoms with Crippen LogP contribution in [0.25, 0.3) is 0 Å². The average Bonchev–Trinajstić information content (AvgIpc) is 2.15. The number of hydrogen-bond donors (Lipinski definition) is 2. The molecule has 6 heteroatoms. The van der Waals surface area contributed by atoms with Crippen LogP contribution in [0.5, 0.6) is 11.5 Å². The lowest BCUT2D eigenvalue weighted by molar-refractivity contribution is 0.0687. The van der Waals surface area contributed by atoms with Crippen molar-refractivity contribution in [2.24, 2.45) is 0 Å². The number of hydrogen-bond acceptors (Lipinski definition) is 4. The number of methoxy groups -OCH3 is 2. The van der Waals surface area contributed by atoms with Crippen LogP contribution in [-0.4, -0.2) is 25.3 Å². The van der Waals surface area contributed by atoms with Crippen LogP contribution in [0, 0.1) is 5.82 Å². The number of aromatic carboxylic acids is 1. The zero-order chi connectivity index (χ0) is 11.6. The summed E-state index contributed by atoms with van der Waals surface area (Å²) in [6.07, 6.45) is 0. The van der Waals surface area contributed by atoms with Gasteiger partial charge in [0, 0.05) is 6.07 Å². The Morgan fingerprint density at radius 3 is 2.33 bits per heavy atom. The van der Waals surface area contributed by atoms with Crippen LogP contribution in [-0.2, 0) is 0 Å². The number of rotatable bonds is 3. The standard InChI is InChI=1S/C9H10FNO4/c1-14-7-5(11)3-4(10)6(9(12)13)8(7)15-2/h3H,11H2,1-2H3,(H,12,13). The number of benzene rings is 1. The largest absolute Gasteiger partial charge is 0.492 e. The summed E-state index contributed by atoms with van der Waals surface area (Å²) >= 11 is 0. The Hall–Kier alpha value is -1.98. The van der Waals surface area contributed by atoms with Gasteiger partial charge in [-0.05, 0) is 0 Å². The molecular weight excluding hydrogens is 205 g/mol. The monoisotopic (exact) mass is 215 g/mol. The van der Waals surface area contributed by atoms with E-state index in [0.717, 1.165) is 6.07 Å². The molecule has 0 atom stereocenters. The highest BCUT2D eigenvalue weighted by Crippen LogP contribution is 2.38. The first-order valence-electron chi connectivity index (χ1n) is 3.96. The average molecular weight is 215 g/mol. The first-order chi connectivity index (χ1) is 7.02. The summed E-state index contributed by atoms with van der Waals surface area (Å²) in [5, 5.41) is 8.77.